The number of aryl methyl sites for hydroxylation is 1. The Labute approximate surface area is 183 Å². The van der Waals surface area contributed by atoms with Gasteiger partial charge in [0.15, 0.2) is 11.0 Å². The molecule has 5 nitrogen and oxygen atoms in total. The van der Waals surface area contributed by atoms with E-state index in [2.05, 4.69) is 10.2 Å². The summed E-state index contributed by atoms with van der Waals surface area (Å²) in [4.78, 5) is 11.1. The van der Waals surface area contributed by atoms with Crippen molar-refractivity contribution in [3.8, 4) is 17.1 Å². The number of rotatable bonds is 6. The minimum absolute atomic E-state index is 0.271. The van der Waals surface area contributed by atoms with Gasteiger partial charge in [-0.25, -0.2) is 4.79 Å². The second kappa shape index (κ2) is 8.73. The predicted octanol–water partition coefficient (Wildman–Crippen LogP) is 5.89. The predicted molar refractivity (Wildman–Crippen MR) is 120 cm³/mol. The van der Waals surface area contributed by atoms with E-state index in [0.717, 1.165) is 27.5 Å². The summed E-state index contributed by atoms with van der Waals surface area (Å²) >= 11 is 7.98. The van der Waals surface area contributed by atoms with Gasteiger partial charge in [0.2, 0.25) is 0 Å². The molecule has 1 N–H and O–H groups in total. The SMILES string of the molecule is Cc1ccccc1-n1c(SCc2ccc(C(=O)O)cc2)nnc1-c1ccccc1Cl. The van der Waals surface area contributed by atoms with Crippen LogP contribution < -0.4 is 0 Å². The van der Waals surface area contributed by atoms with Gasteiger partial charge < -0.3 is 5.11 Å². The zero-order valence-electron chi connectivity index (χ0n) is 16.1. The minimum Gasteiger partial charge on any atom is -0.478 e. The number of carboxylic acids is 1. The van der Waals surface area contributed by atoms with E-state index in [-0.39, 0.29) is 5.56 Å². The van der Waals surface area contributed by atoms with Gasteiger partial charge in [-0.15, -0.1) is 10.2 Å². The molecule has 0 unspecified atom stereocenters. The Bertz CT molecular complexity index is 1210. The lowest BCUT2D eigenvalue weighted by Crippen LogP contribution is -2.02. The van der Waals surface area contributed by atoms with Crippen LogP contribution in [0.4, 0.5) is 0 Å². The van der Waals surface area contributed by atoms with Crippen molar-refractivity contribution in [2.24, 2.45) is 0 Å². The van der Waals surface area contributed by atoms with Crippen molar-refractivity contribution in [1.29, 1.82) is 0 Å². The number of aromatic carboxylic acids is 1. The molecular formula is C23H18ClN3O2S. The zero-order chi connectivity index (χ0) is 21.1. The first kappa shape index (κ1) is 20.2. The number of hydrogen-bond donors (Lipinski definition) is 1. The van der Waals surface area contributed by atoms with E-state index in [9.17, 15) is 4.79 Å². The van der Waals surface area contributed by atoms with Gasteiger partial charge in [-0.2, -0.15) is 0 Å². The molecule has 0 radical (unpaired) electrons. The van der Waals surface area contributed by atoms with Crippen LogP contribution in [0.15, 0.2) is 78.0 Å². The third-order valence-corrected chi connectivity index (χ3v) is 6.00. The van der Waals surface area contributed by atoms with E-state index in [1.807, 2.05) is 72.2 Å². The summed E-state index contributed by atoms with van der Waals surface area (Å²) < 4.78 is 2.02. The van der Waals surface area contributed by atoms with Gasteiger partial charge in [-0.05, 0) is 48.4 Å². The Kier molecular flexibility index (Phi) is 5.88. The van der Waals surface area contributed by atoms with Crippen LogP contribution in [0, 0.1) is 6.92 Å². The summed E-state index contributed by atoms with van der Waals surface area (Å²) in [6, 6.07) is 22.5. The number of carboxylic acid groups (broad SMARTS) is 1. The van der Waals surface area contributed by atoms with Crippen LogP contribution >= 0.6 is 23.4 Å². The van der Waals surface area contributed by atoms with E-state index in [4.69, 9.17) is 16.7 Å². The fraction of sp³-hybridized carbons (Fsp3) is 0.0870. The maximum atomic E-state index is 11.1. The monoisotopic (exact) mass is 435 g/mol. The van der Waals surface area contributed by atoms with Crippen LogP contribution in [0.3, 0.4) is 0 Å². The number of aromatic nitrogens is 3. The normalized spacial score (nSPS) is 10.9. The number of halogens is 1. The first-order valence-corrected chi connectivity index (χ1v) is 10.6. The second-order valence-corrected chi connectivity index (χ2v) is 8.05. The lowest BCUT2D eigenvalue weighted by Gasteiger charge is -2.13. The average Bonchev–Trinajstić information content (AvgIpc) is 3.16. The van der Waals surface area contributed by atoms with E-state index in [1.54, 1.807) is 12.1 Å². The van der Waals surface area contributed by atoms with E-state index >= 15 is 0 Å². The highest BCUT2D eigenvalue weighted by Crippen LogP contribution is 2.33. The molecule has 0 saturated heterocycles. The molecule has 1 heterocycles. The molecule has 4 aromatic rings. The summed E-state index contributed by atoms with van der Waals surface area (Å²) in [5.41, 5.74) is 4.17. The Morgan fingerprint density at radius 3 is 2.40 bits per heavy atom. The van der Waals surface area contributed by atoms with Crippen molar-refractivity contribution >= 4 is 29.3 Å². The summed E-state index contributed by atoms with van der Waals surface area (Å²) in [7, 11) is 0. The Hall–Kier alpha value is -3.09. The van der Waals surface area contributed by atoms with Crippen LogP contribution in [0.5, 0.6) is 0 Å². The quantitative estimate of drug-likeness (QED) is 0.382. The van der Waals surface area contributed by atoms with Gasteiger partial charge in [-0.1, -0.05) is 65.8 Å². The van der Waals surface area contributed by atoms with Gasteiger partial charge in [-0.3, -0.25) is 4.57 Å². The summed E-state index contributed by atoms with van der Waals surface area (Å²) in [6.07, 6.45) is 0. The second-order valence-electron chi connectivity index (χ2n) is 6.70. The van der Waals surface area contributed by atoms with Gasteiger partial charge in [0.05, 0.1) is 16.3 Å². The highest BCUT2D eigenvalue weighted by atomic mass is 35.5. The fourth-order valence-electron chi connectivity index (χ4n) is 3.10. The Balaban J connectivity index is 1.72. The number of nitrogens with zero attached hydrogens (tertiary/aromatic N) is 3. The first-order valence-electron chi connectivity index (χ1n) is 9.26. The molecule has 0 bridgehead atoms. The number of thioether (sulfide) groups is 1. The highest BCUT2D eigenvalue weighted by Gasteiger charge is 2.19. The molecule has 30 heavy (non-hydrogen) atoms. The third kappa shape index (κ3) is 4.10. The topological polar surface area (TPSA) is 68.0 Å². The molecule has 0 aliphatic rings. The lowest BCUT2D eigenvalue weighted by molar-refractivity contribution is 0.0697. The van der Waals surface area contributed by atoms with Gasteiger partial charge >= 0.3 is 5.97 Å². The third-order valence-electron chi connectivity index (χ3n) is 4.67. The van der Waals surface area contributed by atoms with Crippen molar-refractivity contribution in [2.75, 3.05) is 0 Å². The van der Waals surface area contributed by atoms with Crippen LogP contribution in [0.1, 0.15) is 21.5 Å². The molecule has 7 heteroatoms. The van der Waals surface area contributed by atoms with Gasteiger partial charge in [0.25, 0.3) is 0 Å². The number of hydrogen-bond acceptors (Lipinski definition) is 4. The number of para-hydroxylation sites is 1. The molecule has 3 aromatic carbocycles. The standard InChI is InChI=1S/C23H18ClN3O2S/c1-15-6-2-5-9-20(15)27-21(18-7-3-4-8-19(18)24)25-26-23(27)30-14-16-10-12-17(13-11-16)22(28)29/h2-13H,14H2,1H3,(H,28,29). The zero-order valence-corrected chi connectivity index (χ0v) is 17.7. The minimum atomic E-state index is -0.933. The fourth-order valence-corrected chi connectivity index (χ4v) is 4.22. The number of carbonyl (C=O) groups is 1. The van der Waals surface area contributed by atoms with E-state index in [0.29, 0.717) is 16.6 Å². The summed E-state index contributed by atoms with van der Waals surface area (Å²) in [6.45, 7) is 2.05. The van der Waals surface area contributed by atoms with Crippen LogP contribution in [-0.2, 0) is 5.75 Å². The van der Waals surface area contributed by atoms with Crippen molar-refractivity contribution < 1.29 is 9.90 Å². The van der Waals surface area contributed by atoms with Gasteiger partial charge in [0, 0.05) is 11.3 Å². The molecule has 0 amide bonds. The first-order chi connectivity index (χ1) is 14.5. The average molecular weight is 436 g/mol. The van der Waals surface area contributed by atoms with Gasteiger partial charge in [0.1, 0.15) is 0 Å². The van der Waals surface area contributed by atoms with Crippen molar-refractivity contribution in [2.45, 2.75) is 17.8 Å². The molecule has 0 fully saturated rings. The smallest absolute Gasteiger partial charge is 0.335 e. The van der Waals surface area contributed by atoms with Crippen LogP contribution in [-0.4, -0.2) is 25.8 Å². The molecule has 0 aliphatic heterocycles. The molecule has 1 aromatic heterocycles. The van der Waals surface area contributed by atoms with Crippen LogP contribution in [0.2, 0.25) is 5.02 Å². The van der Waals surface area contributed by atoms with Crippen molar-refractivity contribution in [3.63, 3.8) is 0 Å². The van der Waals surface area contributed by atoms with E-state index in [1.165, 1.54) is 11.8 Å². The molecule has 150 valence electrons. The maximum absolute atomic E-state index is 11.1. The van der Waals surface area contributed by atoms with Crippen LogP contribution in [0.25, 0.3) is 17.1 Å². The summed E-state index contributed by atoms with van der Waals surface area (Å²) in [5.74, 6) is 0.378. The molecule has 0 atom stereocenters. The van der Waals surface area contributed by atoms with Crippen molar-refractivity contribution in [3.05, 3.63) is 94.5 Å². The summed E-state index contributed by atoms with van der Waals surface area (Å²) in [5, 5.41) is 19.3. The Morgan fingerprint density at radius 1 is 1.00 bits per heavy atom. The molecular weight excluding hydrogens is 418 g/mol. The highest BCUT2D eigenvalue weighted by molar-refractivity contribution is 7.98. The lowest BCUT2D eigenvalue weighted by atomic mass is 10.1. The maximum Gasteiger partial charge on any atom is 0.335 e. The molecule has 0 spiro atoms. The molecule has 4 rings (SSSR count). The molecule has 0 aliphatic carbocycles. The largest absolute Gasteiger partial charge is 0.478 e. The number of benzene rings is 3. The van der Waals surface area contributed by atoms with E-state index < -0.39 is 5.97 Å². The Morgan fingerprint density at radius 2 is 1.70 bits per heavy atom. The van der Waals surface area contributed by atoms with Crippen molar-refractivity contribution in [1.82, 2.24) is 14.8 Å². The molecule has 0 saturated carbocycles.